The van der Waals surface area contributed by atoms with Gasteiger partial charge in [-0.1, -0.05) is 18.2 Å². The molecule has 1 fully saturated rings. The molecule has 1 aliphatic rings. The lowest BCUT2D eigenvalue weighted by Crippen LogP contribution is -2.47. The van der Waals surface area contributed by atoms with Crippen LogP contribution in [0.3, 0.4) is 0 Å². The normalized spacial score (nSPS) is 15.9. The number of rotatable bonds is 5. The van der Waals surface area contributed by atoms with E-state index in [2.05, 4.69) is 20.3 Å². The van der Waals surface area contributed by atoms with Gasteiger partial charge in [0, 0.05) is 26.2 Å². The van der Waals surface area contributed by atoms with E-state index in [4.69, 9.17) is 4.74 Å². The van der Waals surface area contributed by atoms with Crippen LogP contribution in [0.5, 0.6) is 11.6 Å². The molecular formula is C15H18N6O3. The molecule has 0 saturated carbocycles. The molecule has 1 saturated heterocycles. The van der Waals surface area contributed by atoms with Crippen LogP contribution in [0.25, 0.3) is 0 Å². The lowest BCUT2D eigenvalue weighted by atomic mass is 10.3. The van der Waals surface area contributed by atoms with Gasteiger partial charge in [0.25, 0.3) is 0 Å². The van der Waals surface area contributed by atoms with Crippen LogP contribution < -0.4 is 10.2 Å². The van der Waals surface area contributed by atoms with Gasteiger partial charge < -0.3 is 9.64 Å². The van der Waals surface area contributed by atoms with E-state index in [-0.39, 0.29) is 17.4 Å². The Kier molecular flexibility index (Phi) is 4.82. The first-order valence-electron chi connectivity index (χ1n) is 7.56. The number of anilines is 1. The molecule has 0 unspecified atom stereocenters. The molecule has 3 rings (SSSR count). The fourth-order valence-electron chi connectivity index (χ4n) is 2.35. The predicted octanol–water partition coefficient (Wildman–Crippen LogP) is 1.75. The van der Waals surface area contributed by atoms with Crippen molar-refractivity contribution in [3.8, 4) is 11.6 Å². The van der Waals surface area contributed by atoms with E-state index in [0.29, 0.717) is 5.75 Å². The van der Waals surface area contributed by atoms with Crippen LogP contribution in [0.4, 0.5) is 11.5 Å². The van der Waals surface area contributed by atoms with E-state index in [0.717, 1.165) is 26.2 Å². The van der Waals surface area contributed by atoms with Crippen LogP contribution >= 0.6 is 0 Å². The van der Waals surface area contributed by atoms with Crippen molar-refractivity contribution in [3.05, 3.63) is 46.8 Å². The highest BCUT2D eigenvalue weighted by Crippen LogP contribution is 2.34. The Morgan fingerprint density at radius 3 is 2.54 bits per heavy atom. The van der Waals surface area contributed by atoms with Crippen LogP contribution in [0.1, 0.15) is 0 Å². The molecule has 0 aliphatic carbocycles. The lowest BCUT2D eigenvalue weighted by Gasteiger charge is -2.32. The monoisotopic (exact) mass is 330 g/mol. The minimum atomic E-state index is -0.531. The number of nitrogens with zero attached hydrogens (tertiary/aromatic N) is 5. The number of hydrogen-bond donors (Lipinski definition) is 1. The van der Waals surface area contributed by atoms with Gasteiger partial charge in [-0.05, 0) is 19.2 Å². The largest absolute Gasteiger partial charge is 0.434 e. The Labute approximate surface area is 139 Å². The van der Waals surface area contributed by atoms with Gasteiger partial charge in [-0.25, -0.2) is 9.99 Å². The first kappa shape index (κ1) is 16.1. The summed E-state index contributed by atoms with van der Waals surface area (Å²) in [6.07, 6.45) is 1.25. The molecule has 0 bridgehead atoms. The molecule has 1 aliphatic heterocycles. The van der Waals surface area contributed by atoms with Crippen molar-refractivity contribution in [3.63, 3.8) is 0 Å². The van der Waals surface area contributed by atoms with Crippen molar-refractivity contribution in [2.75, 3.05) is 38.7 Å². The molecule has 1 aromatic heterocycles. The first-order valence-corrected chi connectivity index (χ1v) is 7.56. The third kappa shape index (κ3) is 3.76. The molecule has 0 atom stereocenters. The van der Waals surface area contributed by atoms with Crippen LogP contribution in [0.2, 0.25) is 0 Å². The number of benzene rings is 1. The lowest BCUT2D eigenvalue weighted by molar-refractivity contribution is -0.385. The Hall–Kier alpha value is -2.78. The van der Waals surface area contributed by atoms with Crippen molar-refractivity contribution >= 4 is 11.5 Å². The van der Waals surface area contributed by atoms with E-state index in [1.807, 2.05) is 18.1 Å². The van der Waals surface area contributed by atoms with Crippen molar-refractivity contribution in [1.29, 1.82) is 0 Å². The predicted molar refractivity (Wildman–Crippen MR) is 87.9 cm³/mol. The summed E-state index contributed by atoms with van der Waals surface area (Å²) in [6.45, 7) is 3.23. The van der Waals surface area contributed by atoms with Crippen LogP contribution in [-0.2, 0) is 0 Å². The zero-order chi connectivity index (χ0) is 16.9. The fraction of sp³-hybridized carbons (Fsp3) is 0.333. The second-order valence-electron chi connectivity index (χ2n) is 5.45. The van der Waals surface area contributed by atoms with Gasteiger partial charge in [-0.3, -0.25) is 15.5 Å². The van der Waals surface area contributed by atoms with Gasteiger partial charge in [0.1, 0.15) is 12.1 Å². The second kappa shape index (κ2) is 7.20. The maximum atomic E-state index is 11.5. The molecule has 0 amide bonds. The van der Waals surface area contributed by atoms with Crippen molar-refractivity contribution in [2.24, 2.45) is 0 Å². The number of hydrogen-bond acceptors (Lipinski definition) is 8. The number of nitrogens with one attached hydrogen (secondary N) is 1. The maximum Gasteiger partial charge on any atom is 0.374 e. The van der Waals surface area contributed by atoms with Gasteiger partial charge in [0.05, 0.1) is 4.92 Å². The average molecular weight is 330 g/mol. The summed E-state index contributed by atoms with van der Waals surface area (Å²) in [6, 6.07) is 8.82. The summed E-state index contributed by atoms with van der Waals surface area (Å²) < 4.78 is 5.56. The smallest absolute Gasteiger partial charge is 0.374 e. The Morgan fingerprint density at radius 1 is 1.17 bits per heavy atom. The van der Waals surface area contributed by atoms with Crippen molar-refractivity contribution < 1.29 is 9.66 Å². The van der Waals surface area contributed by atoms with Gasteiger partial charge in [-0.2, -0.15) is 4.98 Å². The molecule has 126 valence electrons. The summed E-state index contributed by atoms with van der Waals surface area (Å²) in [5.41, 5.74) is 2.73. The molecule has 9 nitrogen and oxygen atoms in total. The highest BCUT2D eigenvalue weighted by molar-refractivity contribution is 5.61. The number of hydrazine groups is 1. The highest BCUT2D eigenvalue weighted by Gasteiger charge is 2.27. The van der Waals surface area contributed by atoms with E-state index >= 15 is 0 Å². The summed E-state index contributed by atoms with van der Waals surface area (Å²) in [7, 11) is 2.04. The van der Waals surface area contributed by atoms with Crippen molar-refractivity contribution in [1.82, 2.24) is 19.9 Å². The summed E-state index contributed by atoms with van der Waals surface area (Å²) in [4.78, 5) is 21.1. The van der Waals surface area contributed by atoms with E-state index in [1.165, 1.54) is 6.33 Å². The Morgan fingerprint density at radius 2 is 1.88 bits per heavy atom. The molecule has 9 heteroatoms. The number of para-hydroxylation sites is 1. The number of ether oxygens (including phenoxy) is 1. The number of piperazine rings is 1. The van der Waals surface area contributed by atoms with Gasteiger partial charge in [0.2, 0.25) is 5.82 Å². The second-order valence-corrected chi connectivity index (χ2v) is 5.45. The molecule has 2 heterocycles. The standard InChI is InChI=1S/C15H18N6O3/c1-19-7-9-20(10-8-19)18-14-13(21(22)23)15(17-11-16-14)24-12-5-3-2-4-6-12/h2-6,11H,7-10H2,1H3,(H,16,17,18). The third-order valence-corrected chi connectivity index (χ3v) is 3.70. The van der Waals surface area contributed by atoms with E-state index in [9.17, 15) is 10.1 Å². The van der Waals surface area contributed by atoms with Crippen LogP contribution in [-0.4, -0.2) is 58.0 Å². The fourth-order valence-corrected chi connectivity index (χ4v) is 2.35. The Balaban J connectivity index is 1.84. The molecule has 2 aromatic rings. The summed E-state index contributed by atoms with van der Waals surface area (Å²) in [5.74, 6) is 0.521. The van der Waals surface area contributed by atoms with Crippen LogP contribution in [0, 0.1) is 10.1 Å². The third-order valence-electron chi connectivity index (χ3n) is 3.70. The highest BCUT2D eigenvalue weighted by atomic mass is 16.6. The van der Waals surface area contributed by atoms with E-state index in [1.54, 1.807) is 24.3 Å². The van der Waals surface area contributed by atoms with Gasteiger partial charge in [-0.15, -0.1) is 0 Å². The zero-order valence-electron chi connectivity index (χ0n) is 13.3. The Bertz CT molecular complexity index is 704. The molecule has 1 aromatic carbocycles. The molecule has 0 spiro atoms. The minimum Gasteiger partial charge on any atom is -0.434 e. The minimum absolute atomic E-state index is 0.0853. The van der Waals surface area contributed by atoms with Gasteiger partial charge >= 0.3 is 11.6 Å². The average Bonchev–Trinajstić information content (AvgIpc) is 2.58. The number of nitro groups is 1. The number of aromatic nitrogens is 2. The SMILES string of the molecule is CN1CCN(Nc2ncnc(Oc3ccccc3)c2[N+](=O)[O-])CC1. The number of likely N-dealkylation sites (N-methyl/N-ethyl adjacent to an activating group) is 1. The van der Waals surface area contributed by atoms with E-state index < -0.39 is 4.92 Å². The summed E-state index contributed by atoms with van der Waals surface area (Å²) in [5, 5.41) is 13.4. The maximum absolute atomic E-state index is 11.5. The molecular weight excluding hydrogens is 312 g/mol. The topological polar surface area (TPSA) is 96.7 Å². The van der Waals surface area contributed by atoms with Crippen LogP contribution in [0.15, 0.2) is 36.7 Å². The molecule has 0 radical (unpaired) electrons. The summed E-state index contributed by atoms with van der Waals surface area (Å²) >= 11 is 0. The van der Waals surface area contributed by atoms with Gasteiger partial charge in [0.15, 0.2) is 0 Å². The molecule has 1 N–H and O–H groups in total. The quantitative estimate of drug-likeness (QED) is 0.654. The zero-order valence-corrected chi connectivity index (χ0v) is 13.3. The first-order chi connectivity index (χ1) is 11.6. The van der Waals surface area contributed by atoms with Crippen molar-refractivity contribution in [2.45, 2.75) is 0 Å². The molecule has 24 heavy (non-hydrogen) atoms.